The summed E-state index contributed by atoms with van der Waals surface area (Å²) in [5.41, 5.74) is 5.20. The molecule has 4 aromatic rings. The number of rotatable bonds is 3. The normalized spacial score (nSPS) is 10.9. The Bertz CT molecular complexity index is 903. The van der Waals surface area contributed by atoms with E-state index in [-0.39, 0.29) is 0 Å². The first kappa shape index (κ1) is 12.9. The van der Waals surface area contributed by atoms with Gasteiger partial charge >= 0.3 is 0 Å². The van der Waals surface area contributed by atoms with Gasteiger partial charge in [0.05, 0.1) is 0 Å². The lowest BCUT2D eigenvalue weighted by Crippen LogP contribution is -1.99. The largest absolute Gasteiger partial charge is 0.343 e. The fraction of sp³-hybridized carbons (Fsp3) is 0.0476. The van der Waals surface area contributed by atoms with Crippen LogP contribution in [0.3, 0.4) is 0 Å². The smallest absolute Gasteiger partial charge is 0.0483 e. The van der Waals surface area contributed by atoms with Crippen molar-refractivity contribution in [3.63, 3.8) is 0 Å². The van der Waals surface area contributed by atoms with Gasteiger partial charge in [0.15, 0.2) is 0 Å². The van der Waals surface area contributed by atoms with E-state index in [0.29, 0.717) is 0 Å². The van der Waals surface area contributed by atoms with Gasteiger partial charge in [-0.05, 0) is 34.2 Å². The van der Waals surface area contributed by atoms with Crippen molar-refractivity contribution in [3.8, 4) is 11.1 Å². The van der Waals surface area contributed by atoms with E-state index in [2.05, 4.69) is 95.7 Å². The Morgan fingerprint density at radius 1 is 0.636 bits per heavy atom. The van der Waals surface area contributed by atoms with Crippen LogP contribution in [0.2, 0.25) is 0 Å². The second kappa shape index (κ2) is 5.53. The second-order valence-corrected chi connectivity index (χ2v) is 5.53. The summed E-state index contributed by atoms with van der Waals surface area (Å²) in [6, 6.07) is 30.0. The predicted molar refractivity (Wildman–Crippen MR) is 92.9 cm³/mol. The van der Waals surface area contributed by atoms with Crippen LogP contribution in [0.5, 0.6) is 0 Å². The van der Waals surface area contributed by atoms with E-state index in [1.54, 1.807) is 0 Å². The molecule has 0 saturated heterocycles. The number of fused-ring (bicyclic) bond motifs is 1. The van der Waals surface area contributed by atoms with E-state index in [1.165, 1.54) is 27.6 Å². The maximum atomic E-state index is 2.32. The third-order valence-corrected chi connectivity index (χ3v) is 4.12. The third kappa shape index (κ3) is 2.31. The molecule has 1 nitrogen and oxygen atoms in total. The van der Waals surface area contributed by atoms with Gasteiger partial charge < -0.3 is 4.57 Å². The third-order valence-electron chi connectivity index (χ3n) is 4.12. The molecule has 0 aliphatic rings. The molecule has 0 aliphatic carbocycles. The number of hydrogen-bond donors (Lipinski definition) is 0. The molecule has 3 aromatic carbocycles. The van der Waals surface area contributed by atoms with Crippen molar-refractivity contribution in [2.24, 2.45) is 0 Å². The zero-order chi connectivity index (χ0) is 14.8. The van der Waals surface area contributed by atoms with Crippen molar-refractivity contribution in [1.82, 2.24) is 4.57 Å². The van der Waals surface area contributed by atoms with Crippen molar-refractivity contribution in [2.45, 2.75) is 6.54 Å². The Labute approximate surface area is 130 Å². The van der Waals surface area contributed by atoms with Crippen molar-refractivity contribution in [1.29, 1.82) is 0 Å². The monoisotopic (exact) mass is 283 g/mol. The van der Waals surface area contributed by atoms with Crippen molar-refractivity contribution >= 4 is 10.9 Å². The van der Waals surface area contributed by atoms with Crippen LogP contribution in [0.1, 0.15) is 5.56 Å². The van der Waals surface area contributed by atoms with Crippen LogP contribution in [0.25, 0.3) is 22.0 Å². The highest BCUT2D eigenvalue weighted by Crippen LogP contribution is 2.25. The summed E-state index contributed by atoms with van der Waals surface area (Å²) in [4.78, 5) is 0. The Morgan fingerprint density at radius 2 is 1.36 bits per heavy atom. The first-order chi connectivity index (χ1) is 10.9. The number of para-hydroxylation sites is 1. The molecule has 0 fully saturated rings. The Morgan fingerprint density at radius 3 is 2.27 bits per heavy atom. The van der Waals surface area contributed by atoms with Crippen LogP contribution in [0.15, 0.2) is 91.1 Å². The predicted octanol–water partition coefficient (Wildman–Crippen LogP) is 5.36. The van der Waals surface area contributed by atoms with E-state index in [1.807, 2.05) is 0 Å². The summed E-state index contributed by atoms with van der Waals surface area (Å²) in [6.07, 6.45) is 2.17. The lowest BCUT2D eigenvalue weighted by atomic mass is 10.00. The number of nitrogens with zero attached hydrogens (tertiary/aromatic N) is 1. The van der Waals surface area contributed by atoms with Gasteiger partial charge in [0, 0.05) is 18.3 Å². The zero-order valence-electron chi connectivity index (χ0n) is 12.3. The maximum Gasteiger partial charge on any atom is 0.0483 e. The van der Waals surface area contributed by atoms with Gasteiger partial charge in [0.1, 0.15) is 0 Å². The SMILES string of the molecule is c1ccc(-c2ccccc2Cn2ccc3ccccc32)cc1. The molecule has 0 radical (unpaired) electrons. The van der Waals surface area contributed by atoms with Gasteiger partial charge in [0.25, 0.3) is 0 Å². The second-order valence-electron chi connectivity index (χ2n) is 5.53. The first-order valence-electron chi connectivity index (χ1n) is 7.59. The molecule has 0 unspecified atom stereocenters. The molecule has 4 rings (SSSR count). The molecule has 0 amide bonds. The van der Waals surface area contributed by atoms with E-state index in [0.717, 1.165) is 6.54 Å². The summed E-state index contributed by atoms with van der Waals surface area (Å²) >= 11 is 0. The fourth-order valence-electron chi connectivity index (χ4n) is 3.02. The number of benzene rings is 3. The standard InChI is InChI=1S/C21H17N/c1-2-8-17(9-3-1)20-12-6-4-11-19(20)16-22-15-14-18-10-5-7-13-21(18)22/h1-15H,16H2. The summed E-state index contributed by atoms with van der Waals surface area (Å²) in [7, 11) is 0. The summed E-state index contributed by atoms with van der Waals surface area (Å²) in [5.74, 6) is 0. The quantitative estimate of drug-likeness (QED) is 0.477. The number of aromatic nitrogens is 1. The Kier molecular flexibility index (Phi) is 3.24. The molecule has 0 N–H and O–H groups in total. The molecule has 0 saturated carbocycles. The van der Waals surface area contributed by atoms with Gasteiger partial charge in [-0.1, -0.05) is 72.8 Å². The minimum Gasteiger partial charge on any atom is -0.343 e. The Hall–Kier alpha value is -2.80. The minimum absolute atomic E-state index is 0.887. The number of hydrogen-bond acceptors (Lipinski definition) is 0. The molecule has 1 aromatic heterocycles. The molecule has 0 spiro atoms. The molecule has 106 valence electrons. The molecule has 1 heterocycles. The van der Waals surface area contributed by atoms with Crippen LogP contribution in [-0.4, -0.2) is 4.57 Å². The van der Waals surface area contributed by atoms with Crippen LogP contribution < -0.4 is 0 Å². The molecule has 22 heavy (non-hydrogen) atoms. The van der Waals surface area contributed by atoms with Crippen LogP contribution >= 0.6 is 0 Å². The molecular weight excluding hydrogens is 266 g/mol. The lowest BCUT2D eigenvalue weighted by Gasteiger charge is -2.11. The average molecular weight is 283 g/mol. The van der Waals surface area contributed by atoms with Crippen molar-refractivity contribution < 1.29 is 0 Å². The molecule has 1 heteroatoms. The highest BCUT2D eigenvalue weighted by molar-refractivity contribution is 5.80. The van der Waals surface area contributed by atoms with Crippen molar-refractivity contribution in [3.05, 3.63) is 96.7 Å². The van der Waals surface area contributed by atoms with Gasteiger partial charge in [-0.15, -0.1) is 0 Å². The minimum atomic E-state index is 0.887. The fourth-order valence-corrected chi connectivity index (χ4v) is 3.02. The van der Waals surface area contributed by atoms with E-state index in [9.17, 15) is 0 Å². The lowest BCUT2D eigenvalue weighted by molar-refractivity contribution is 0.838. The first-order valence-corrected chi connectivity index (χ1v) is 7.59. The molecule has 0 atom stereocenters. The van der Waals surface area contributed by atoms with E-state index in [4.69, 9.17) is 0 Å². The highest BCUT2D eigenvalue weighted by atomic mass is 14.9. The average Bonchev–Trinajstić information content (AvgIpc) is 2.99. The van der Waals surface area contributed by atoms with Crippen LogP contribution in [0.4, 0.5) is 0 Å². The van der Waals surface area contributed by atoms with E-state index >= 15 is 0 Å². The topological polar surface area (TPSA) is 4.93 Å². The summed E-state index contributed by atoms with van der Waals surface area (Å²) in [6.45, 7) is 0.887. The van der Waals surface area contributed by atoms with Crippen LogP contribution in [-0.2, 0) is 6.54 Å². The van der Waals surface area contributed by atoms with Gasteiger partial charge in [-0.25, -0.2) is 0 Å². The molecule has 0 aliphatic heterocycles. The Balaban J connectivity index is 1.78. The molecule has 0 bridgehead atoms. The summed E-state index contributed by atoms with van der Waals surface area (Å²) < 4.78 is 2.32. The zero-order valence-corrected chi connectivity index (χ0v) is 12.3. The summed E-state index contributed by atoms with van der Waals surface area (Å²) in [5, 5.41) is 1.29. The highest BCUT2D eigenvalue weighted by Gasteiger charge is 2.06. The maximum absolute atomic E-state index is 2.32. The van der Waals surface area contributed by atoms with Crippen LogP contribution in [0, 0.1) is 0 Å². The van der Waals surface area contributed by atoms with Crippen molar-refractivity contribution in [2.75, 3.05) is 0 Å². The molecular formula is C21H17N. The van der Waals surface area contributed by atoms with Gasteiger partial charge in [-0.3, -0.25) is 0 Å². The van der Waals surface area contributed by atoms with Gasteiger partial charge in [0.2, 0.25) is 0 Å². The van der Waals surface area contributed by atoms with E-state index < -0.39 is 0 Å². The van der Waals surface area contributed by atoms with Gasteiger partial charge in [-0.2, -0.15) is 0 Å².